The molecule has 0 aliphatic carbocycles. The molecule has 1 aromatic heterocycles. The van der Waals surface area contributed by atoms with E-state index in [1.165, 1.54) is 0 Å². The lowest BCUT2D eigenvalue weighted by Gasteiger charge is -1.94. The van der Waals surface area contributed by atoms with E-state index in [9.17, 15) is 4.79 Å². The molecule has 0 unspecified atom stereocenters. The van der Waals surface area contributed by atoms with Crippen LogP contribution < -0.4 is 0 Å². The molecule has 98 valence electrons. The van der Waals surface area contributed by atoms with Gasteiger partial charge >= 0.3 is 0 Å². The number of halogens is 1. The average molecular weight is 275 g/mol. The number of aromatic nitrogens is 2. The van der Waals surface area contributed by atoms with Crippen molar-refractivity contribution in [2.24, 2.45) is 0 Å². The van der Waals surface area contributed by atoms with E-state index in [1.807, 2.05) is 32.0 Å². The van der Waals surface area contributed by atoms with Gasteiger partial charge in [-0.3, -0.25) is 9.48 Å². The van der Waals surface area contributed by atoms with Gasteiger partial charge in [0.1, 0.15) is 0 Å². The van der Waals surface area contributed by atoms with E-state index in [1.54, 1.807) is 29.1 Å². The molecule has 0 saturated carbocycles. The van der Waals surface area contributed by atoms with E-state index < -0.39 is 0 Å². The Balaban J connectivity index is 2.18. The summed E-state index contributed by atoms with van der Waals surface area (Å²) in [6.45, 7) is 4.58. The van der Waals surface area contributed by atoms with Crippen LogP contribution in [0.15, 0.2) is 36.5 Å². The van der Waals surface area contributed by atoms with Crippen LogP contribution in [-0.2, 0) is 6.54 Å². The summed E-state index contributed by atoms with van der Waals surface area (Å²) in [4.78, 5) is 12.1. The molecule has 1 heterocycles. The Bertz CT molecular complexity index is 629. The summed E-state index contributed by atoms with van der Waals surface area (Å²) >= 11 is 5.89. The van der Waals surface area contributed by atoms with Gasteiger partial charge < -0.3 is 0 Å². The first-order valence-electron chi connectivity index (χ1n) is 6.12. The predicted molar refractivity (Wildman–Crippen MR) is 77.5 cm³/mol. The molecule has 2 aromatic rings. The second-order valence-corrected chi connectivity index (χ2v) is 4.67. The van der Waals surface area contributed by atoms with Crippen LogP contribution in [0.2, 0.25) is 5.02 Å². The zero-order valence-corrected chi connectivity index (χ0v) is 11.7. The fraction of sp³-hybridized carbons (Fsp3) is 0.200. The van der Waals surface area contributed by atoms with Crippen LogP contribution >= 0.6 is 11.6 Å². The number of carbonyl (C=O) groups is 1. The lowest BCUT2D eigenvalue weighted by molar-refractivity contribution is 0.104. The summed E-state index contributed by atoms with van der Waals surface area (Å²) in [5, 5.41) is 4.92. The van der Waals surface area contributed by atoms with Crippen molar-refractivity contribution in [3.05, 3.63) is 58.4 Å². The van der Waals surface area contributed by atoms with Crippen molar-refractivity contribution in [3.8, 4) is 0 Å². The molecule has 2 rings (SSSR count). The first-order chi connectivity index (χ1) is 9.10. The van der Waals surface area contributed by atoms with Gasteiger partial charge in [0.2, 0.25) is 0 Å². The molecular weight excluding hydrogens is 260 g/mol. The van der Waals surface area contributed by atoms with Crippen LogP contribution in [0.3, 0.4) is 0 Å². The first kappa shape index (κ1) is 13.6. The summed E-state index contributed by atoms with van der Waals surface area (Å²) in [7, 11) is 0. The lowest BCUT2D eigenvalue weighted by atomic mass is 10.1. The first-order valence-corrected chi connectivity index (χ1v) is 6.50. The molecule has 0 amide bonds. The Labute approximate surface area is 117 Å². The minimum atomic E-state index is -0.0443. The van der Waals surface area contributed by atoms with Crippen LogP contribution in [0, 0.1) is 6.92 Å². The van der Waals surface area contributed by atoms with Crippen LogP contribution in [0.25, 0.3) is 6.08 Å². The number of allylic oxidation sites excluding steroid dienone is 1. The second-order valence-electron chi connectivity index (χ2n) is 4.24. The van der Waals surface area contributed by atoms with E-state index in [4.69, 9.17) is 11.6 Å². The van der Waals surface area contributed by atoms with Gasteiger partial charge in [0.25, 0.3) is 0 Å². The fourth-order valence-corrected chi connectivity index (χ4v) is 1.99. The largest absolute Gasteiger partial charge is 0.289 e. The Morgan fingerprint density at radius 2 is 2.26 bits per heavy atom. The summed E-state index contributed by atoms with van der Waals surface area (Å²) in [5.41, 5.74) is 2.30. The van der Waals surface area contributed by atoms with Crippen molar-refractivity contribution in [3.63, 3.8) is 0 Å². The molecule has 0 bridgehead atoms. The minimum absolute atomic E-state index is 0.0443. The van der Waals surface area contributed by atoms with Crippen molar-refractivity contribution in [1.82, 2.24) is 9.78 Å². The van der Waals surface area contributed by atoms with Crippen LogP contribution in [0.5, 0.6) is 0 Å². The van der Waals surface area contributed by atoms with Gasteiger partial charge in [-0.1, -0.05) is 29.8 Å². The Morgan fingerprint density at radius 3 is 2.89 bits per heavy atom. The molecule has 19 heavy (non-hydrogen) atoms. The Kier molecular flexibility index (Phi) is 4.17. The van der Waals surface area contributed by atoms with Gasteiger partial charge in [0, 0.05) is 17.8 Å². The highest BCUT2D eigenvalue weighted by molar-refractivity contribution is 6.30. The zero-order chi connectivity index (χ0) is 13.8. The van der Waals surface area contributed by atoms with Gasteiger partial charge in [0.05, 0.1) is 11.3 Å². The highest BCUT2D eigenvalue weighted by atomic mass is 35.5. The van der Waals surface area contributed by atoms with Crippen molar-refractivity contribution in [2.75, 3.05) is 0 Å². The molecule has 0 atom stereocenters. The van der Waals surface area contributed by atoms with Gasteiger partial charge in [-0.25, -0.2) is 0 Å². The van der Waals surface area contributed by atoms with Gasteiger partial charge in [0.15, 0.2) is 5.78 Å². The molecule has 0 N–H and O–H groups in total. The number of ketones is 1. The predicted octanol–water partition coefficient (Wildman–Crippen LogP) is 3.76. The summed E-state index contributed by atoms with van der Waals surface area (Å²) < 4.78 is 1.76. The van der Waals surface area contributed by atoms with Crippen LogP contribution in [0.4, 0.5) is 0 Å². The van der Waals surface area contributed by atoms with E-state index in [0.717, 1.165) is 17.8 Å². The Morgan fingerprint density at radius 1 is 1.47 bits per heavy atom. The topological polar surface area (TPSA) is 34.9 Å². The molecule has 0 saturated heterocycles. The molecule has 0 radical (unpaired) electrons. The molecular formula is C15H15ClN2O. The SMILES string of the molecule is CCn1cc(C(=O)/C=C/c2cccc(Cl)c2)c(C)n1. The maximum Gasteiger partial charge on any atom is 0.189 e. The number of aryl methyl sites for hydroxylation is 2. The van der Waals surface area contributed by atoms with E-state index in [2.05, 4.69) is 5.10 Å². The normalized spacial score (nSPS) is 11.1. The highest BCUT2D eigenvalue weighted by Gasteiger charge is 2.09. The van der Waals surface area contributed by atoms with Crippen LogP contribution in [-0.4, -0.2) is 15.6 Å². The number of benzene rings is 1. The van der Waals surface area contributed by atoms with Crippen molar-refractivity contribution in [1.29, 1.82) is 0 Å². The molecule has 4 heteroatoms. The third-order valence-corrected chi connectivity index (χ3v) is 3.05. The second kappa shape index (κ2) is 5.85. The van der Waals surface area contributed by atoms with Crippen molar-refractivity contribution < 1.29 is 4.79 Å². The third kappa shape index (κ3) is 3.32. The zero-order valence-electron chi connectivity index (χ0n) is 10.9. The number of carbonyl (C=O) groups excluding carboxylic acids is 1. The monoisotopic (exact) mass is 274 g/mol. The van der Waals surface area contributed by atoms with Gasteiger partial charge in [-0.05, 0) is 37.6 Å². The fourth-order valence-electron chi connectivity index (χ4n) is 1.79. The van der Waals surface area contributed by atoms with E-state index in [-0.39, 0.29) is 5.78 Å². The Hall–Kier alpha value is -1.87. The molecule has 0 aliphatic rings. The van der Waals surface area contributed by atoms with E-state index in [0.29, 0.717) is 10.6 Å². The summed E-state index contributed by atoms with van der Waals surface area (Å²) in [6.07, 6.45) is 5.09. The standard InChI is InChI=1S/C15H15ClN2O/c1-3-18-10-14(11(2)17-18)15(19)8-7-12-5-4-6-13(16)9-12/h4-10H,3H2,1-2H3/b8-7+. The lowest BCUT2D eigenvalue weighted by Crippen LogP contribution is -1.94. The molecule has 1 aromatic carbocycles. The summed E-state index contributed by atoms with van der Waals surface area (Å²) in [6, 6.07) is 7.37. The highest BCUT2D eigenvalue weighted by Crippen LogP contribution is 2.13. The van der Waals surface area contributed by atoms with Crippen LogP contribution in [0.1, 0.15) is 28.5 Å². The molecule has 3 nitrogen and oxygen atoms in total. The summed E-state index contributed by atoms with van der Waals surface area (Å²) in [5.74, 6) is -0.0443. The number of rotatable bonds is 4. The smallest absolute Gasteiger partial charge is 0.189 e. The van der Waals surface area contributed by atoms with E-state index >= 15 is 0 Å². The minimum Gasteiger partial charge on any atom is -0.289 e. The molecule has 0 fully saturated rings. The third-order valence-electron chi connectivity index (χ3n) is 2.81. The molecule has 0 aliphatic heterocycles. The van der Waals surface area contributed by atoms with Gasteiger partial charge in [-0.2, -0.15) is 5.10 Å². The maximum absolute atomic E-state index is 12.1. The number of hydrogen-bond acceptors (Lipinski definition) is 2. The number of hydrogen-bond donors (Lipinski definition) is 0. The number of nitrogens with zero attached hydrogens (tertiary/aromatic N) is 2. The maximum atomic E-state index is 12.1. The molecule has 0 spiro atoms. The average Bonchev–Trinajstić information content (AvgIpc) is 2.77. The quantitative estimate of drug-likeness (QED) is 0.628. The van der Waals surface area contributed by atoms with Crippen molar-refractivity contribution in [2.45, 2.75) is 20.4 Å². The van der Waals surface area contributed by atoms with Gasteiger partial charge in [-0.15, -0.1) is 0 Å². The van der Waals surface area contributed by atoms with Crippen molar-refractivity contribution >= 4 is 23.5 Å².